The van der Waals surface area contributed by atoms with E-state index in [0.717, 1.165) is 5.56 Å². The highest BCUT2D eigenvalue weighted by Crippen LogP contribution is 2.18. The average molecular weight is 331 g/mol. The van der Waals surface area contributed by atoms with E-state index >= 15 is 0 Å². The number of hydrogen-bond acceptors (Lipinski definition) is 4. The fourth-order valence-corrected chi connectivity index (χ4v) is 3.22. The van der Waals surface area contributed by atoms with Crippen LogP contribution in [0.5, 0.6) is 0 Å². The number of aromatic amines is 2. The SMILES string of the molecule is Cc1ccc(S(=O)(=O)Nc2ccc3c(=O)[nH][nH]c(=O)c3c2)cc1. The average Bonchev–Trinajstić information content (AvgIpc) is 2.51. The van der Waals surface area contributed by atoms with Crippen molar-refractivity contribution < 1.29 is 8.42 Å². The van der Waals surface area contributed by atoms with Gasteiger partial charge in [-0.25, -0.2) is 8.42 Å². The van der Waals surface area contributed by atoms with E-state index in [4.69, 9.17) is 0 Å². The minimum atomic E-state index is -3.77. The summed E-state index contributed by atoms with van der Waals surface area (Å²) in [6, 6.07) is 10.5. The van der Waals surface area contributed by atoms with Gasteiger partial charge in [0.25, 0.3) is 21.1 Å². The van der Waals surface area contributed by atoms with E-state index in [2.05, 4.69) is 14.9 Å². The van der Waals surface area contributed by atoms with Crippen LogP contribution in [0.4, 0.5) is 5.69 Å². The summed E-state index contributed by atoms with van der Waals surface area (Å²) in [7, 11) is -3.77. The lowest BCUT2D eigenvalue weighted by atomic mass is 10.2. The van der Waals surface area contributed by atoms with Crippen LogP contribution in [0.2, 0.25) is 0 Å². The molecule has 3 rings (SSSR count). The van der Waals surface area contributed by atoms with Gasteiger partial charge in [0.15, 0.2) is 0 Å². The number of fused-ring (bicyclic) bond motifs is 1. The Kier molecular flexibility index (Phi) is 3.53. The molecule has 0 unspecified atom stereocenters. The van der Waals surface area contributed by atoms with Gasteiger partial charge >= 0.3 is 0 Å². The van der Waals surface area contributed by atoms with Gasteiger partial charge in [0.1, 0.15) is 0 Å². The molecule has 2 aromatic carbocycles. The molecule has 0 aliphatic rings. The quantitative estimate of drug-likeness (QED) is 0.672. The summed E-state index contributed by atoms with van der Waals surface area (Å²) in [5, 5.41) is 4.71. The van der Waals surface area contributed by atoms with Crippen molar-refractivity contribution >= 4 is 26.5 Å². The molecule has 0 fully saturated rings. The Morgan fingerprint density at radius 2 is 1.48 bits per heavy atom. The van der Waals surface area contributed by atoms with Crippen molar-refractivity contribution in [3.63, 3.8) is 0 Å². The minimum Gasteiger partial charge on any atom is -0.280 e. The molecule has 118 valence electrons. The normalized spacial score (nSPS) is 11.5. The smallest absolute Gasteiger partial charge is 0.270 e. The Hall–Kier alpha value is -2.87. The maximum atomic E-state index is 12.3. The van der Waals surface area contributed by atoms with Gasteiger partial charge in [0.05, 0.1) is 15.7 Å². The molecule has 3 N–H and O–H groups in total. The Morgan fingerprint density at radius 3 is 2.13 bits per heavy atom. The number of sulfonamides is 1. The van der Waals surface area contributed by atoms with Gasteiger partial charge in [-0.1, -0.05) is 17.7 Å². The highest BCUT2D eigenvalue weighted by atomic mass is 32.2. The number of benzene rings is 2. The summed E-state index contributed by atoms with van der Waals surface area (Å²) in [6.07, 6.45) is 0. The molecule has 3 aromatic rings. The molecule has 0 saturated carbocycles. The molecule has 0 spiro atoms. The standard InChI is InChI=1S/C15H13N3O4S/c1-9-2-5-11(6-3-9)23(21,22)18-10-4-7-12-13(8-10)15(20)17-16-14(12)19/h2-8,18H,1H3,(H,16,19)(H,17,20). The summed E-state index contributed by atoms with van der Waals surface area (Å²) in [4.78, 5) is 23.5. The summed E-state index contributed by atoms with van der Waals surface area (Å²) in [6.45, 7) is 1.86. The molecule has 1 heterocycles. The maximum absolute atomic E-state index is 12.3. The van der Waals surface area contributed by atoms with E-state index in [1.165, 1.54) is 30.3 Å². The van der Waals surface area contributed by atoms with Crippen LogP contribution in [0.3, 0.4) is 0 Å². The monoisotopic (exact) mass is 331 g/mol. The molecule has 0 bridgehead atoms. The van der Waals surface area contributed by atoms with Crippen molar-refractivity contribution in [3.8, 4) is 0 Å². The molecule has 0 aliphatic heterocycles. The van der Waals surface area contributed by atoms with Crippen LogP contribution >= 0.6 is 0 Å². The Morgan fingerprint density at radius 1 is 0.870 bits per heavy atom. The number of nitrogens with one attached hydrogen (secondary N) is 3. The third-order valence-electron chi connectivity index (χ3n) is 3.38. The molecule has 0 saturated heterocycles. The van der Waals surface area contributed by atoms with E-state index in [-0.39, 0.29) is 21.4 Å². The summed E-state index contributed by atoms with van der Waals surface area (Å²) < 4.78 is 27.1. The largest absolute Gasteiger partial charge is 0.280 e. The fourth-order valence-electron chi connectivity index (χ4n) is 2.17. The van der Waals surface area contributed by atoms with Gasteiger partial charge in [-0.15, -0.1) is 0 Å². The van der Waals surface area contributed by atoms with Crippen molar-refractivity contribution in [1.29, 1.82) is 0 Å². The van der Waals surface area contributed by atoms with Gasteiger partial charge in [0.2, 0.25) is 0 Å². The molecular formula is C15H13N3O4S. The Labute approximate surface area is 131 Å². The zero-order valence-electron chi connectivity index (χ0n) is 12.1. The first-order chi connectivity index (χ1) is 10.9. The molecule has 23 heavy (non-hydrogen) atoms. The third kappa shape index (κ3) is 2.88. The summed E-state index contributed by atoms with van der Waals surface area (Å²) >= 11 is 0. The molecule has 7 nitrogen and oxygen atoms in total. The van der Waals surface area contributed by atoms with Gasteiger partial charge in [-0.2, -0.15) is 0 Å². The first-order valence-corrected chi connectivity index (χ1v) is 8.19. The summed E-state index contributed by atoms with van der Waals surface area (Å²) in [5.41, 5.74) is 0.193. The van der Waals surface area contributed by atoms with Gasteiger partial charge in [0, 0.05) is 5.69 Å². The molecule has 0 atom stereocenters. The highest BCUT2D eigenvalue weighted by Gasteiger charge is 2.14. The van der Waals surface area contributed by atoms with Crippen LogP contribution in [0, 0.1) is 6.92 Å². The lowest BCUT2D eigenvalue weighted by Gasteiger charge is -2.09. The molecule has 8 heteroatoms. The van der Waals surface area contributed by atoms with Gasteiger partial charge < -0.3 is 0 Å². The highest BCUT2D eigenvalue weighted by molar-refractivity contribution is 7.92. The van der Waals surface area contributed by atoms with Crippen molar-refractivity contribution in [2.24, 2.45) is 0 Å². The molecule has 0 radical (unpaired) electrons. The second-order valence-electron chi connectivity index (χ2n) is 5.09. The number of aromatic nitrogens is 2. The Balaban J connectivity index is 2.04. The van der Waals surface area contributed by atoms with Crippen molar-refractivity contribution in [3.05, 3.63) is 68.7 Å². The lowest BCUT2D eigenvalue weighted by molar-refractivity contribution is 0.601. The van der Waals surface area contributed by atoms with E-state index < -0.39 is 21.1 Å². The molecule has 0 aliphatic carbocycles. The van der Waals surface area contributed by atoms with Crippen molar-refractivity contribution in [2.75, 3.05) is 4.72 Å². The van der Waals surface area contributed by atoms with Crippen LogP contribution in [0.1, 0.15) is 5.56 Å². The lowest BCUT2D eigenvalue weighted by Crippen LogP contribution is -2.19. The molecule has 1 aromatic heterocycles. The number of anilines is 1. The Bertz CT molecular complexity index is 1100. The van der Waals surface area contributed by atoms with Crippen LogP contribution in [-0.4, -0.2) is 18.6 Å². The van der Waals surface area contributed by atoms with Crippen molar-refractivity contribution in [1.82, 2.24) is 10.2 Å². The second kappa shape index (κ2) is 5.40. The third-order valence-corrected chi connectivity index (χ3v) is 4.78. The fraction of sp³-hybridized carbons (Fsp3) is 0.0667. The molecule has 0 amide bonds. The van der Waals surface area contributed by atoms with Crippen LogP contribution in [0.25, 0.3) is 10.8 Å². The van der Waals surface area contributed by atoms with E-state index in [1.807, 2.05) is 6.92 Å². The summed E-state index contributed by atoms with van der Waals surface area (Å²) in [5.74, 6) is 0. The number of H-pyrrole nitrogens is 2. The maximum Gasteiger partial charge on any atom is 0.270 e. The van der Waals surface area contributed by atoms with Gasteiger partial charge in [-0.3, -0.25) is 24.5 Å². The predicted octanol–water partition coefficient (Wildman–Crippen LogP) is 1.33. The van der Waals surface area contributed by atoms with Crippen LogP contribution < -0.4 is 15.8 Å². The van der Waals surface area contributed by atoms with E-state index in [0.29, 0.717) is 0 Å². The van der Waals surface area contributed by atoms with Crippen molar-refractivity contribution in [2.45, 2.75) is 11.8 Å². The topological polar surface area (TPSA) is 112 Å². The number of hydrogen-bond donors (Lipinski definition) is 3. The molecular weight excluding hydrogens is 318 g/mol. The van der Waals surface area contributed by atoms with Gasteiger partial charge in [-0.05, 0) is 37.3 Å². The number of aryl methyl sites for hydroxylation is 1. The predicted molar refractivity (Wildman–Crippen MR) is 87.2 cm³/mol. The van der Waals surface area contributed by atoms with E-state index in [9.17, 15) is 18.0 Å². The first-order valence-electron chi connectivity index (χ1n) is 6.71. The zero-order valence-corrected chi connectivity index (χ0v) is 12.9. The zero-order chi connectivity index (χ0) is 16.6. The number of rotatable bonds is 3. The first kappa shape index (κ1) is 15.0. The minimum absolute atomic E-state index is 0.109. The second-order valence-corrected chi connectivity index (χ2v) is 6.77. The van der Waals surface area contributed by atoms with E-state index in [1.54, 1.807) is 12.1 Å². The van der Waals surface area contributed by atoms with Crippen LogP contribution in [-0.2, 0) is 10.0 Å². The van der Waals surface area contributed by atoms with Crippen LogP contribution in [0.15, 0.2) is 56.9 Å².